The van der Waals surface area contributed by atoms with Crippen molar-refractivity contribution in [2.24, 2.45) is 0 Å². The van der Waals surface area contributed by atoms with Crippen molar-refractivity contribution in [3.05, 3.63) is 74.5 Å². The Balaban J connectivity index is 1.41. The highest BCUT2D eigenvalue weighted by Crippen LogP contribution is 2.36. The molecule has 2 aromatic carbocycles. The Kier molecular flexibility index (Phi) is 9.37. The summed E-state index contributed by atoms with van der Waals surface area (Å²) >= 11 is 10.9. The van der Waals surface area contributed by atoms with Gasteiger partial charge in [-0.2, -0.15) is 0 Å². The van der Waals surface area contributed by atoms with Crippen molar-refractivity contribution in [2.75, 3.05) is 44.6 Å². The lowest BCUT2D eigenvalue weighted by molar-refractivity contribution is -0.117. The van der Waals surface area contributed by atoms with Gasteiger partial charge in [0.05, 0.1) is 29.4 Å². The summed E-state index contributed by atoms with van der Waals surface area (Å²) in [7, 11) is 0. The van der Waals surface area contributed by atoms with E-state index >= 15 is 0 Å². The first-order valence-corrected chi connectivity index (χ1v) is 14.0. The average Bonchev–Trinajstić information content (AvgIpc) is 3.15. The molecule has 1 aliphatic heterocycles. The first-order chi connectivity index (χ1) is 17.9. The van der Waals surface area contributed by atoms with E-state index in [0.717, 1.165) is 21.3 Å². The van der Waals surface area contributed by atoms with E-state index in [1.54, 1.807) is 36.1 Å². The zero-order valence-electron chi connectivity index (χ0n) is 20.3. The van der Waals surface area contributed by atoms with Crippen LogP contribution in [0.2, 0.25) is 5.02 Å². The van der Waals surface area contributed by atoms with E-state index in [1.165, 1.54) is 11.3 Å². The molecule has 1 aromatic heterocycles. The van der Waals surface area contributed by atoms with E-state index in [2.05, 4.69) is 21.2 Å². The van der Waals surface area contributed by atoms with Gasteiger partial charge in [-0.3, -0.25) is 14.5 Å². The van der Waals surface area contributed by atoms with Gasteiger partial charge >= 0.3 is 5.97 Å². The highest BCUT2D eigenvalue weighted by atomic mass is 79.9. The molecule has 0 atom stereocenters. The minimum Gasteiger partial charge on any atom is -0.462 e. The number of amides is 2. The fraction of sp³-hybridized carbons (Fsp3) is 0.296. The van der Waals surface area contributed by atoms with Crippen LogP contribution < -0.4 is 5.32 Å². The number of carbonyl (C=O) groups is 3. The van der Waals surface area contributed by atoms with Gasteiger partial charge in [0.25, 0.3) is 5.91 Å². The second-order valence-electron chi connectivity index (χ2n) is 8.53. The third kappa shape index (κ3) is 6.98. The summed E-state index contributed by atoms with van der Waals surface area (Å²) in [6, 6.07) is 16.6. The number of rotatable bonds is 7. The van der Waals surface area contributed by atoms with Crippen molar-refractivity contribution in [3.63, 3.8) is 0 Å². The van der Waals surface area contributed by atoms with Crippen LogP contribution in [0.4, 0.5) is 5.69 Å². The van der Waals surface area contributed by atoms with Crippen molar-refractivity contribution in [2.45, 2.75) is 13.3 Å². The summed E-state index contributed by atoms with van der Waals surface area (Å²) in [4.78, 5) is 43.5. The molecule has 1 N–H and O–H groups in total. The quantitative estimate of drug-likeness (QED) is 0.345. The molecule has 2 amide bonds. The predicted molar refractivity (Wildman–Crippen MR) is 150 cm³/mol. The number of benzene rings is 2. The van der Waals surface area contributed by atoms with E-state index in [1.807, 2.05) is 35.2 Å². The van der Waals surface area contributed by atoms with Crippen LogP contribution in [-0.2, 0) is 9.53 Å². The van der Waals surface area contributed by atoms with Gasteiger partial charge in [0.1, 0.15) is 4.88 Å². The Bertz CT molecular complexity index is 1280. The molecule has 0 radical (unpaired) electrons. The Labute approximate surface area is 233 Å². The first kappa shape index (κ1) is 27.3. The van der Waals surface area contributed by atoms with Crippen LogP contribution in [-0.4, -0.2) is 66.9 Å². The molecule has 10 heteroatoms. The van der Waals surface area contributed by atoms with E-state index < -0.39 is 5.97 Å². The second-order valence-corrected chi connectivity index (χ2v) is 10.9. The standard InChI is InChI=1S/C27H27BrClN3O4S/c1-2-36-27(35)25-22(16-23(37-25)18-8-10-19(28)11-9-18)30-24(33)17-31-12-5-13-32(15-14-31)26(34)20-6-3-4-7-21(20)29/h3-4,6-11,16H,2,5,12-15,17H2,1H3,(H,30,33). The van der Waals surface area contributed by atoms with Gasteiger partial charge in [0.15, 0.2) is 0 Å². The van der Waals surface area contributed by atoms with Crippen LogP contribution in [0, 0.1) is 0 Å². The summed E-state index contributed by atoms with van der Waals surface area (Å²) in [5.41, 5.74) is 1.87. The summed E-state index contributed by atoms with van der Waals surface area (Å²) < 4.78 is 6.17. The van der Waals surface area contributed by atoms with Gasteiger partial charge in [-0.15, -0.1) is 11.3 Å². The van der Waals surface area contributed by atoms with Crippen LogP contribution >= 0.6 is 38.9 Å². The second kappa shape index (κ2) is 12.7. The number of thiophene rings is 1. The van der Waals surface area contributed by atoms with Gasteiger partial charge in [-0.25, -0.2) is 4.79 Å². The van der Waals surface area contributed by atoms with E-state index in [0.29, 0.717) is 47.3 Å². The highest BCUT2D eigenvalue weighted by molar-refractivity contribution is 9.10. The number of anilines is 1. The Hall–Kier alpha value is -2.72. The molecule has 0 saturated carbocycles. The SMILES string of the molecule is CCOC(=O)c1sc(-c2ccc(Br)cc2)cc1NC(=O)CN1CCCN(C(=O)c2ccccc2Cl)CC1. The fourth-order valence-electron chi connectivity index (χ4n) is 4.12. The molecule has 4 rings (SSSR count). The maximum Gasteiger partial charge on any atom is 0.350 e. The molecule has 2 heterocycles. The van der Waals surface area contributed by atoms with Gasteiger partial charge in [0, 0.05) is 35.5 Å². The Morgan fingerprint density at radius 1 is 1.05 bits per heavy atom. The van der Waals surface area contributed by atoms with E-state index in [4.69, 9.17) is 16.3 Å². The molecule has 194 valence electrons. The third-order valence-corrected chi connectivity index (χ3v) is 7.97. The minimum absolute atomic E-state index is 0.102. The topological polar surface area (TPSA) is 79.0 Å². The predicted octanol–water partition coefficient (Wildman–Crippen LogP) is 5.79. The number of carbonyl (C=O) groups excluding carboxylic acids is 3. The summed E-state index contributed by atoms with van der Waals surface area (Å²) in [6.45, 7) is 4.47. The number of hydrogen-bond donors (Lipinski definition) is 1. The van der Waals surface area contributed by atoms with Gasteiger partial charge in [-0.1, -0.05) is 51.8 Å². The summed E-state index contributed by atoms with van der Waals surface area (Å²) in [5.74, 6) is -0.791. The Morgan fingerprint density at radius 2 is 1.81 bits per heavy atom. The van der Waals surface area contributed by atoms with Crippen LogP contribution in [0.1, 0.15) is 33.4 Å². The average molecular weight is 605 g/mol. The maximum absolute atomic E-state index is 13.0. The molecule has 1 saturated heterocycles. The van der Waals surface area contributed by atoms with Crippen molar-refractivity contribution >= 4 is 62.3 Å². The molecule has 1 aliphatic rings. The lowest BCUT2D eigenvalue weighted by Gasteiger charge is -2.22. The largest absolute Gasteiger partial charge is 0.462 e. The minimum atomic E-state index is -0.463. The van der Waals surface area contributed by atoms with Gasteiger partial charge in [0.2, 0.25) is 5.91 Å². The molecule has 7 nitrogen and oxygen atoms in total. The zero-order valence-corrected chi connectivity index (χ0v) is 23.5. The van der Waals surface area contributed by atoms with Crippen LogP contribution in [0.15, 0.2) is 59.1 Å². The summed E-state index contributed by atoms with van der Waals surface area (Å²) in [5, 5.41) is 3.34. The number of hydrogen-bond acceptors (Lipinski definition) is 6. The normalized spacial score (nSPS) is 14.2. The molecule has 0 spiro atoms. The molecular weight excluding hydrogens is 578 g/mol. The third-order valence-electron chi connectivity index (χ3n) is 5.94. The number of esters is 1. The number of halogens is 2. The lowest BCUT2D eigenvalue weighted by Crippen LogP contribution is -2.38. The van der Waals surface area contributed by atoms with Crippen molar-refractivity contribution < 1.29 is 19.1 Å². The molecule has 3 aromatic rings. The van der Waals surface area contributed by atoms with Crippen LogP contribution in [0.25, 0.3) is 10.4 Å². The molecular formula is C27H27BrClN3O4S. The van der Waals surface area contributed by atoms with Crippen molar-refractivity contribution in [1.82, 2.24) is 9.80 Å². The number of nitrogens with zero attached hydrogens (tertiary/aromatic N) is 2. The number of nitrogens with one attached hydrogen (secondary N) is 1. The lowest BCUT2D eigenvalue weighted by atomic mass is 10.2. The van der Waals surface area contributed by atoms with Gasteiger partial charge < -0.3 is 15.0 Å². The molecule has 0 aliphatic carbocycles. The van der Waals surface area contributed by atoms with E-state index in [9.17, 15) is 14.4 Å². The van der Waals surface area contributed by atoms with Crippen molar-refractivity contribution in [1.29, 1.82) is 0 Å². The van der Waals surface area contributed by atoms with E-state index in [-0.39, 0.29) is 25.0 Å². The van der Waals surface area contributed by atoms with Gasteiger partial charge in [-0.05, 0) is 49.2 Å². The fourth-order valence-corrected chi connectivity index (χ4v) is 5.61. The Morgan fingerprint density at radius 3 is 2.54 bits per heavy atom. The van der Waals surface area contributed by atoms with Crippen molar-refractivity contribution in [3.8, 4) is 10.4 Å². The maximum atomic E-state index is 13.0. The first-order valence-electron chi connectivity index (χ1n) is 12.0. The number of ether oxygens (including phenoxy) is 1. The summed E-state index contributed by atoms with van der Waals surface area (Å²) in [6.07, 6.45) is 0.740. The molecule has 0 unspecified atom stereocenters. The van der Waals surface area contributed by atoms with Crippen LogP contribution in [0.3, 0.4) is 0 Å². The highest BCUT2D eigenvalue weighted by Gasteiger charge is 2.24. The monoisotopic (exact) mass is 603 g/mol. The van der Waals surface area contributed by atoms with Crippen LogP contribution in [0.5, 0.6) is 0 Å². The molecule has 1 fully saturated rings. The molecule has 0 bridgehead atoms. The molecule has 37 heavy (non-hydrogen) atoms. The smallest absolute Gasteiger partial charge is 0.350 e. The zero-order chi connectivity index (χ0) is 26.4.